The second kappa shape index (κ2) is 7.29. The third-order valence-corrected chi connectivity index (χ3v) is 4.30. The van der Waals surface area contributed by atoms with E-state index in [2.05, 4.69) is 26.3 Å². The fourth-order valence-corrected chi connectivity index (χ4v) is 2.95. The van der Waals surface area contributed by atoms with Crippen LogP contribution in [0.2, 0.25) is 0 Å². The average Bonchev–Trinajstić information content (AvgIpc) is 3.11. The predicted molar refractivity (Wildman–Crippen MR) is 105 cm³/mol. The predicted octanol–water partition coefficient (Wildman–Crippen LogP) is 3.81. The summed E-state index contributed by atoms with van der Waals surface area (Å²) in [6, 6.07) is 15.6. The number of carbonyl (C=O) groups excluding carboxylic acids is 1. The summed E-state index contributed by atoms with van der Waals surface area (Å²) in [7, 11) is 1.55. The Morgan fingerprint density at radius 2 is 1.93 bits per heavy atom. The highest BCUT2D eigenvalue weighted by Gasteiger charge is 2.11. The van der Waals surface area contributed by atoms with Crippen LogP contribution in [0.3, 0.4) is 0 Å². The van der Waals surface area contributed by atoms with Gasteiger partial charge in [-0.2, -0.15) is 0 Å². The number of ether oxygens (including phenoxy) is 1. The fraction of sp³-hybridized carbons (Fsp3) is 0.0952. The minimum Gasteiger partial charge on any atom is -0.481 e. The topological polar surface area (TPSA) is 79.9 Å². The van der Waals surface area contributed by atoms with E-state index >= 15 is 0 Å². The Morgan fingerprint density at radius 1 is 1.07 bits per heavy atom. The molecule has 0 atom stereocenters. The minimum absolute atomic E-state index is 0.118. The Labute approximate surface area is 156 Å². The number of anilines is 1. The first-order valence-corrected chi connectivity index (χ1v) is 8.54. The summed E-state index contributed by atoms with van der Waals surface area (Å²) in [6.45, 7) is 0. The van der Waals surface area contributed by atoms with Gasteiger partial charge in [0.1, 0.15) is 5.65 Å². The van der Waals surface area contributed by atoms with E-state index in [1.807, 2.05) is 42.7 Å². The highest BCUT2D eigenvalue weighted by atomic mass is 16.5. The van der Waals surface area contributed by atoms with Crippen LogP contribution in [0.25, 0.3) is 22.2 Å². The van der Waals surface area contributed by atoms with E-state index in [0.717, 1.165) is 27.7 Å². The number of nitrogens with zero attached hydrogens (tertiary/aromatic N) is 2. The Bertz CT molecular complexity index is 1070. The van der Waals surface area contributed by atoms with Crippen LogP contribution in [0.5, 0.6) is 5.88 Å². The summed E-state index contributed by atoms with van der Waals surface area (Å²) in [5, 5.41) is 3.80. The van der Waals surface area contributed by atoms with Crippen molar-refractivity contribution in [1.29, 1.82) is 0 Å². The Balaban J connectivity index is 1.55. The van der Waals surface area contributed by atoms with Gasteiger partial charge in [-0.3, -0.25) is 4.79 Å². The van der Waals surface area contributed by atoms with E-state index in [4.69, 9.17) is 4.74 Å². The van der Waals surface area contributed by atoms with Gasteiger partial charge in [-0.05, 0) is 23.3 Å². The summed E-state index contributed by atoms with van der Waals surface area (Å²) in [5.74, 6) is 0.386. The number of H-pyrrole nitrogens is 1. The van der Waals surface area contributed by atoms with Crippen molar-refractivity contribution in [2.24, 2.45) is 0 Å². The number of methoxy groups -OCH3 is 1. The van der Waals surface area contributed by atoms with E-state index in [1.54, 1.807) is 25.4 Å². The monoisotopic (exact) mass is 358 g/mol. The van der Waals surface area contributed by atoms with Gasteiger partial charge in [-0.1, -0.05) is 30.3 Å². The number of aromatic amines is 1. The van der Waals surface area contributed by atoms with E-state index in [1.165, 1.54) is 0 Å². The lowest BCUT2D eigenvalue weighted by Gasteiger charge is -2.06. The molecule has 0 spiro atoms. The lowest BCUT2D eigenvalue weighted by atomic mass is 10.0. The first kappa shape index (κ1) is 16.8. The van der Waals surface area contributed by atoms with Gasteiger partial charge in [-0.25, -0.2) is 9.97 Å². The number of hydrogen-bond acceptors (Lipinski definition) is 4. The van der Waals surface area contributed by atoms with Gasteiger partial charge >= 0.3 is 0 Å². The third-order valence-electron chi connectivity index (χ3n) is 4.30. The van der Waals surface area contributed by atoms with Crippen LogP contribution in [-0.2, 0) is 11.2 Å². The molecule has 0 aliphatic carbocycles. The molecule has 3 aromatic heterocycles. The van der Waals surface area contributed by atoms with E-state index < -0.39 is 0 Å². The van der Waals surface area contributed by atoms with Crippen molar-refractivity contribution in [3.8, 4) is 17.0 Å². The molecule has 6 heteroatoms. The Hall–Kier alpha value is -3.67. The van der Waals surface area contributed by atoms with E-state index in [9.17, 15) is 4.79 Å². The molecule has 4 aromatic rings. The highest BCUT2D eigenvalue weighted by molar-refractivity contribution is 5.95. The van der Waals surface area contributed by atoms with Crippen molar-refractivity contribution < 1.29 is 9.53 Å². The van der Waals surface area contributed by atoms with Crippen molar-refractivity contribution in [1.82, 2.24) is 15.0 Å². The molecule has 0 saturated heterocycles. The molecule has 0 saturated carbocycles. The molecule has 6 nitrogen and oxygen atoms in total. The normalized spacial score (nSPS) is 10.7. The smallest absolute Gasteiger partial charge is 0.228 e. The van der Waals surface area contributed by atoms with Gasteiger partial charge in [0, 0.05) is 29.4 Å². The number of aromatic nitrogens is 3. The standard InChI is InChI=1S/C21H18N4O2/c1-27-20-8-7-17(13-22-20)25-19(26)10-16-12-24-21-18(16)9-15(11-23-21)14-5-3-2-4-6-14/h2-9,11-13H,10H2,1H3,(H,23,24)(H,25,26). The summed E-state index contributed by atoms with van der Waals surface area (Å²) < 4.78 is 5.02. The maximum absolute atomic E-state index is 12.4. The second-order valence-corrected chi connectivity index (χ2v) is 6.11. The number of pyridine rings is 2. The van der Waals surface area contributed by atoms with Crippen LogP contribution in [-0.4, -0.2) is 28.0 Å². The maximum Gasteiger partial charge on any atom is 0.228 e. The zero-order valence-electron chi connectivity index (χ0n) is 14.8. The first-order valence-electron chi connectivity index (χ1n) is 8.54. The van der Waals surface area contributed by atoms with Crippen LogP contribution in [0.15, 0.2) is 67.1 Å². The number of benzene rings is 1. The lowest BCUT2D eigenvalue weighted by molar-refractivity contribution is -0.115. The minimum atomic E-state index is -0.118. The fourth-order valence-electron chi connectivity index (χ4n) is 2.95. The molecule has 1 aromatic carbocycles. The molecule has 0 radical (unpaired) electrons. The van der Waals surface area contributed by atoms with Gasteiger partial charge in [-0.15, -0.1) is 0 Å². The number of amides is 1. The Morgan fingerprint density at radius 3 is 2.67 bits per heavy atom. The third kappa shape index (κ3) is 3.64. The average molecular weight is 358 g/mol. The molecule has 134 valence electrons. The largest absolute Gasteiger partial charge is 0.481 e. The maximum atomic E-state index is 12.4. The van der Waals surface area contributed by atoms with Crippen molar-refractivity contribution >= 4 is 22.6 Å². The zero-order valence-corrected chi connectivity index (χ0v) is 14.8. The molecule has 0 unspecified atom stereocenters. The molecular formula is C21H18N4O2. The van der Waals surface area contributed by atoms with Gasteiger partial charge in [0.25, 0.3) is 0 Å². The van der Waals surface area contributed by atoms with Crippen LogP contribution < -0.4 is 10.1 Å². The van der Waals surface area contributed by atoms with Crippen molar-refractivity contribution in [3.63, 3.8) is 0 Å². The molecule has 1 amide bonds. The molecule has 0 fully saturated rings. The van der Waals surface area contributed by atoms with Gasteiger partial charge in [0.15, 0.2) is 0 Å². The number of rotatable bonds is 5. The van der Waals surface area contributed by atoms with E-state index in [0.29, 0.717) is 11.6 Å². The second-order valence-electron chi connectivity index (χ2n) is 6.11. The van der Waals surface area contributed by atoms with Crippen LogP contribution in [0.1, 0.15) is 5.56 Å². The van der Waals surface area contributed by atoms with Crippen LogP contribution in [0, 0.1) is 0 Å². The van der Waals surface area contributed by atoms with Crippen molar-refractivity contribution in [2.75, 3.05) is 12.4 Å². The van der Waals surface area contributed by atoms with E-state index in [-0.39, 0.29) is 12.3 Å². The number of nitrogens with one attached hydrogen (secondary N) is 2. The summed E-state index contributed by atoms with van der Waals surface area (Å²) in [5.41, 5.74) is 4.40. The highest BCUT2D eigenvalue weighted by Crippen LogP contribution is 2.25. The van der Waals surface area contributed by atoms with Gasteiger partial charge < -0.3 is 15.0 Å². The molecule has 2 N–H and O–H groups in total. The molecule has 3 heterocycles. The van der Waals surface area contributed by atoms with Crippen LogP contribution in [0.4, 0.5) is 5.69 Å². The summed E-state index contributed by atoms with van der Waals surface area (Å²) >= 11 is 0. The zero-order chi connectivity index (χ0) is 18.6. The lowest BCUT2D eigenvalue weighted by Crippen LogP contribution is -2.14. The first-order chi connectivity index (χ1) is 13.2. The van der Waals surface area contributed by atoms with Crippen molar-refractivity contribution in [2.45, 2.75) is 6.42 Å². The SMILES string of the molecule is COc1ccc(NC(=O)Cc2c[nH]c3ncc(-c4ccccc4)cc23)cn1. The number of fused-ring (bicyclic) bond motifs is 1. The summed E-state index contributed by atoms with van der Waals surface area (Å²) in [4.78, 5) is 24.1. The van der Waals surface area contributed by atoms with Crippen molar-refractivity contribution in [3.05, 3.63) is 72.7 Å². The quantitative estimate of drug-likeness (QED) is 0.568. The van der Waals surface area contributed by atoms with Crippen LogP contribution >= 0.6 is 0 Å². The molecular weight excluding hydrogens is 340 g/mol. The molecule has 0 aliphatic heterocycles. The summed E-state index contributed by atoms with van der Waals surface area (Å²) in [6.07, 6.45) is 5.48. The van der Waals surface area contributed by atoms with Gasteiger partial charge in [0.2, 0.25) is 11.8 Å². The number of carbonyl (C=O) groups is 1. The molecule has 0 aliphatic rings. The van der Waals surface area contributed by atoms with Gasteiger partial charge in [0.05, 0.1) is 25.4 Å². The number of hydrogen-bond donors (Lipinski definition) is 2. The molecule has 27 heavy (non-hydrogen) atoms. The molecule has 4 rings (SSSR count). The Kier molecular flexibility index (Phi) is 4.53. The molecule has 0 bridgehead atoms.